The SMILES string of the molecule is COc1cc(OC)c(C(=O)NCCC(C)(C)C(=O)O)cc1OC. The lowest BCUT2D eigenvalue weighted by Crippen LogP contribution is -2.32. The number of carbonyl (C=O) groups is 2. The molecule has 0 aliphatic carbocycles. The Morgan fingerprint density at radius 2 is 1.57 bits per heavy atom. The Morgan fingerprint density at radius 1 is 1.04 bits per heavy atom. The fourth-order valence-corrected chi connectivity index (χ4v) is 1.90. The average molecular weight is 325 g/mol. The fourth-order valence-electron chi connectivity index (χ4n) is 1.90. The van der Waals surface area contributed by atoms with Gasteiger partial charge < -0.3 is 24.6 Å². The van der Waals surface area contributed by atoms with Gasteiger partial charge in [-0.15, -0.1) is 0 Å². The highest BCUT2D eigenvalue weighted by Crippen LogP contribution is 2.34. The highest BCUT2D eigenvalue weighted by atomic mass is 16.5. The molecule has 0 radical (unpaired) electrons. The minimum Gasteiger partial charge on any atom is -0.496 e. The van der Waals surface area contributed by atoms with E-state index in [-0.39, 0.29) is 12.5 Å². The summed E-state index contributed by atoms with van der Waals surface area (Å²) in [4.78, 5) is 23.4. The molecule has 128 valence electrons. The van der Waals surface area contributed by atoms with Crippen molar-refractivity contribution in [3.8, 4) is 17.2 Å². The molecule has 0 bridgehead atoms. The Bertz CT molecular complexity index is 582. The lowest BCUT2D eigenvalue weighted by Gasteiger charge is -2.19. The van der Waals surface area contributed by atoms with Crippen LogP contribution in [0.25, 0.3) is 0 Å². The van der Waals surface area contributed by atoms with Crippen molar-refractivity contribution < 1.29 is 28.9 Å². The molecule has 7 heteroatoms. The van der Waals surface area contributed by atoms with Gasteiger partial charge in [0.25, 0.3) is 5.91 Å². The predicted molar refractivity (Wildman–Crippen MR) is 84.5 cm³/mol. The van der Waals surface area contributed by atoms with E-state index in [0.717, 1.165) is 0 Å². The van der Waals surface area contributed by atoms with Gasteiger partial charge in [0.1, 0.15) is 5.75 Å². The average Bonchev–Trinajstić information content (AvgIpc) is 2.52. The van der Waals surface area contributed by atoms with Crippen LogP contribution in [-0.2, 0) is 4.79 Å². The first-order valence-electron chi connectivity index (χ1n) is 7.08. The number of hydrogen-bond donors (Lipinski definition) is 2. The van der Waals surface area contributed by atoms with Crippen molar-refractivity contribution in [2.45, 2.75) is 20.3 Å². The number of ether oxygens (including phenoxy) is 3. The zero-order valence-electron chi connectivity index (χ0n) is 14.1. The smallest absolute Gasteiger partial charge is 0.309 e. The summed E-state index contributed by atoms with van der Waals surface area (Å²) in [5.74, 6) is -0.0747. The third-order valence-electron chi connectivity index (χ3n) is 3.56. The lowest BCUT2D eigenvalue weighted by atomic mass is 9.90. The summed E-state index contributed by atoms with van der Waals surface area (Å²) in [6.07, 6.45) is 0.309. The number of benzene rings is 1. The van der Waals surface area contributed by atoms with Gasteiger partial charge in [0.15, 0.2) is 11.5 Å². The van der Waals surface area contributed by atoms with Crippen LogP contribution in [0.4, 0.5) is 0 Å². The molecule has 0 heterocycles. The van der Waals surface area contributed by atoms with Crippen molar-refractivity contribution in [2.24, 2.45) is 5.41 Å². The number of methoxy groups -OCH3 is 3. The number of carboxylic acids is 1. The van der Waals surface area contributed by atoms with Crippen molar-refractivity contribution in [2.75, 3.05) is 27.9 Å². The largest absolute Gasteiger partial charge is 0.496 e. The van der Waals surface area contributed by atoms with E-state index in [0.29, 0.717) is 29.2 Å². The van der Waals surface area contributed by atoms with Crippen LogP contribution in [0, 0.1) is 5.41 Å². The van der Waals surface area contributed by atoms with Gasteiger partial charge in [-0.1, -0.05) is 0 Å². The van der Waals surface area contributed by atoms with Gasteiger partial charge in [-0.2, -0.15) is 0 Å². The summed E-state index contributed by atoms with van der Waals surface area (Å²) in [7, 11) is 4.41. The first-order valence-corrected chi connectivity index (χ1v) is 7.08. The van der Waals surface area contributed by atoms with Crippen LogP contribution in [0.5, 0.6) is 17.2 Å². The standard InChI is InChI=1S/C16H23NO6/c1-16(2,15(19)20)6-7-17-14(18)10-8-12(22-4)13(23-5)9-11(10)21-3/h8-9H,6-7H2,1-5H3,(H,17,18)(H,19,20). The maximum atomic E-state index is 12.3. The Labute approximate surface area is 135 Å². The fraction of sp³-hybridized carbons (Fsp3) is 0.500. The van der Waals surface area contributed by atoms with Gasteiger partial charge >= 0.3 is 5.97 Å². The molecule has 1 amide bonds. The van der Waals surface area contributed by atoms with Crippen LogP contribution in [0.1, 0.15) is 30.6 Å². The van der Waals surface area contributed by atoms with Crippen molar-refractivity contribution >= 4 is 11.9 Å². The monoisotopic (exact) mass is 325 g/mol. The molecule has 23 heavy (non-hydrogen) atoms. The Hall–Kier alpha value is -2.44. The van der Waals surface area contributed by atoms with Gasteiger partial charge in [-0.3, -0.25) is 9.59 Å². The van der Waals surface area contributed by atoms with Crippen LogP contribution in [-0.4, -0.2) is 44.9 Å². The van der Waals surface area contributed by atoms with E-state index in [4.69, 9.17) is 19.3 Å². The van der Waals surface area contributed by atoms with Crippen LogP contribution >= 0.6 is 0 Å². The Kier molecular flexibility index (Phi) is 6.24. The number of carboxylic acid groups (broad SMARTS) is 1. The lowest BCUT2D eigenvalue weighted by molar-refractivity contribution is -0.147. The van der Waals surface area contributed by atoms with E-state index in [1.165, 1.54) is 27.4 Å². The Balaban J connectivity index is 2.89. The zero-order chi connectivity index (χ0) is 17.6. The van der Waals surface area contributed by atoms with Gasteiger partial charge in [-0.25, -0.2) is 0 Å². The second-order valence-electron chi connectivity index (χ2n) is 5.60. The van der Waals surface area contributed by atoms with Crippen molar-refractivity contribution in [1.29, 1.82) is 0 Å². The van der Waals surface area contributed by atoms with Gasteiger partial charge in [0.05, 0.1) is 32.3 Å². The number of carbonyl (C=O) groups excluding carboxylic acids is 1. The van der Waals surface area contributed by atoms with E-state index in [2.05, 4.69) is 5.32 Å². The first kappa shape index (κ1) is 18.6. The molecular weight excluding hydrogens is 302 g/mol. The highest BCUT2D eigenvalue weighted by molar-refractivity contribution is 5.97. The predicted octanol–water partition coefficient (Wildman–Crippen LogP) is 1.94. The molecule has 0 saturated heterocycles. The molecule has 0 atom stereocenters. The molecule has 1 rings (SSSR count). The van der Waals surface area contributed by atoms with Crippen molar-refractivity contribution in [3.63, 3.8) is 0 Å². The third kappa shape index (κ3) is 4.51. The zero-order valence-corrected chi connectivity index (χ0v) is 14.1. The molecule has 0 saturated carbocycles. The molecule has 2 N–H and O–H groups in total. The summed E-state index contributed by atoms with van der Waals surface area (Å²) in [6, 6.07) is 3.09. The van der Waals surface area contributed by atoms with Crippen LogP contribution in [0.15, 0.2) is 12.1 Å². The summed E-state index contributed by atoms with van der Waals surface area (Å²) in [5, 5.41) is 11.8. The minimum atomic E-state index is -0.908. The normalized spacial score (nSPS) is 10.8. The quantitative estimate of drug-likeness (QED) is 0.758. The van der Waals surface area contributed by atoms with Crippen molar-refractivity contribution in [3.05, 3.63) is 17.7 Å². The Morgan fingerprint density at radius 3 is 2.04 bits per heavy atom. The number of nitrogens with one attached hydrogen (secondary N) is 1. The molecule has 0 aliphatic rings. The molecule has 7 nitrogen and oxygen atoms in total. The maximum absolute atomic E-state index is 12.3. The summed E-state index contributed by atoms with van der Waals surface area (Å²) < 4.78 is 15.5. The minimum absolute atomic E-state index is 0.232. The molecule has 0 fully saturated rings. The highest BCUT2D eigenvalue weighted by Gasteiger charge is 2.27. The van der Waals surface area contributed by atoms with E-state index in [9.17, 15) is 9.59 Å². The molecular formula is C16H23NO6. The van der Waals surface area contributed by atoms with E-state index in [1.807, 2.05) is 0 Å². The van der Waals surface area contributed by atoms with Crippen LogP contribution in [0.3, 0.4) is 0 Å². The number of hydrogen-bond acceptors (Lipinski definition) is 5. The molecule has 1 aromatic rings. The van der Waals surface area contributed by atoms with Crippen molar-refractivity contribution in [1.82, 2.24) is 5.32 Å². The maximum Gasteiger partial charge on any atom is 0.309 e. The molecule has 0 spiro atoms. The molecule has 1 aromatic carbocycles. The van der Waals surface area contributed by atoms with Gasteiger partial charge in [-0.05, 0) is 20.3 Å². The number of rotatable bonds is 8. The van der Waals surface area contributed by atoms with E-state index < -0.39 is 11.4 Å². The summed E-state index contributed by atoms with van der Waals surface area (Å²) in [5.41, 5.74) is -0.618. The third-order valence-corrected chi connectivity index (χ3v) is 3.56. The van der Waals surface area contributed by atoms with E-state index >= 15 is 0 Å². The second-order valence-corrected chi connectivity index (χ2v) is 5.60. The summed E-state index contributed by atoms with van der Waals surface area (Å²) in [6.45, 7) is 3.45. The van der Waals surface area contributed by atoms with Crippen LogP contribution < -0.4 is 19.5 Å². The van der Waals surface area contributed by atoms with Gasteiger partial charge in [0, 0.05) is 18.7 Å². The first-order chi connectivity index (χ1) is 10.8. The van der Waals surface area contributed by atoms with Gasteiger partial charge in [0.2, 0.25) is 0 Å². The topological polar surface area (TPSA) is 94.1 Å². The number of aliphatic carboxylic acids is 1. The van der Waals surface area contributed by atoms with E-state index in [1.54, 1.807) is 19.9 Å². The second kappa shape index (κ2) is 7.71. The molecule has 0 aromatic heterocycles. The number of amides is 1. The van der Waals surface area contributed by atoms with Crippen LogP contribution in [0.2, 0.25) is 0 Å². The molecule has 0 unspecified atom stereocenters. The molecule has 0 aliphatic heterocycles. The summed E-state index contributed by atoms with van der Waals surface area (Å²) >= 11 is 0.